The molecule has 3 N–H and O–H groups in total. The highest BCUT2D eigenvalue weighted by Crippen LogP contribution is 2.32. The Morgan fingerprint density at radius 3 is 2.58 bits per heavy atom. The highest BCUT2D eigenvalue weighted by atomic mass is 16.2. The lowest BCUT2D eigenvalue weighted by Gasteiger charge is -2.27. The number of nitrogens with one attached hydrogen (secondary N) is 3. The van der Waals surface area contributed by atoms with Crippen LogP contribution in [0.15, 0.2) is 18.2 Å². The number of fused-ring (bicyclic) bond motifs is 1. The lowest BCUT2D eigenvalue weighted by molar-refractivity contribution is -0.136. The van der Waals surface area contributed by atoms with E-state index in [0.29, 0.717) is 23.4 Å². The van der Waals surface area contributed by atoms with Crippen molar-refractivity contribution in [2.45, 2.75) is 38.1 Å². The first-order chi connectivity index (χ1) is 15.1. The molecule has 1 atom stereocenters. The lowest BCUT2D eigenvalue weighted by atomic mass is 10.0. The van der Waals surface area contributed by atoms with Crippen LogP contribution >= 0.6 is 0 Å². The fourth-order valence-corrected chi connectivity index (χ4v) is 4.46. The Labute approximate surface area is 181 Å². The van der Waals surface area contributed by atoms with Crippen LogP contribution in [0.25, 0.3) is 0 Å². The maximum Gasteiger partial charge on any atom is 0.264 e. The summed E-state index contributed by atoms with van der Waals surface area (Å²) in [6, 6.07) is 4.20. The molecule has 0 saturated carbocycles. The molecule has 0 aromatic heterocycles. The third kappa shape index (κ3) is 4.62. The van der Waals surface area contributed by atoms with Crippen LogP contribution in [0.1, 0.15) is 52.8 Å². The largest absolute Gasteiger partial charge is 0.384 e. The van der Waals surface area contributed by atoms with E-state index in [2.05, 4.69) is 20.9 Å². The van der Waals surface area contributed by atoms with Crippen LogP contribution in [-0.4, -0.2) is 78.7 Å². The summed E-state index contributed by atoms with van der Waals surface area (Å²) in [4.78, 5) is 53.0. The lowest BCUT2D eigenvalue weighted by Crippen LogP contribution is -2.54. The minimum absolute atomic E-state index is 0.114. The molecular weight excluding hydrogens is 398 g/mol. The minimum Gasteiger partial charge on any atom is -0.384 e. The Kier molecular flexibility index (Phi) is 6.62. The van der Waals surface area contributed by atoms with Gasteiger partial charge in [-0.25, -0.2) is 0 Å². The second-order valence-corrected chi connectivity index (χ2v) is 8.25. The first-order valence-corrected chi connectivity index (χ1v) is 11.1. The Morgan fingerprint density at radius 2 is 1.81 bits per heavy atom. The molecule has 0 aliphatic carbocycles. The van der Waals surface area contributed by atoms with Crippen LogP contribution in [-0.2, 0) is 9.59 Å². The van der Waals surface area contributed by atoms with Crippen LogP contribution in [0.3, 0.4) is 0 Å². The fraction of sp³-hybridized carbons (Fsp3) is 0.545. The number of piperidine rings is 1. The number of carbonyl (C=O) groups excluding carboxylic acids is 4. The van der Waals surface area contributed by atoms with Gasteiger partial charge in [-0.1, -0.05) is 12.5 Å². The van der Waals surface area contributed by atoms with Crippen LogP contribution in [0.2, 0.25) is 0 Å². The highest BCUT2D eigenvalue weighted by Gasteiger charge is 2.45. The molecule has 1 aromatic rings. The van der Waals surface area contributed by atoms with Gasteiger partial charge >= 0.3 is 0 Å². The second kappa shape index (κ2) is 9.57. The smallest absolute Gasteiger partial charge is 0.264 e. The Bertz CT molecular complexity index is 881. The number of nitrogens with zero attached hydrogens (tertiary/aromatic N) is 2. The van der Waals surface area contributed by atoms with Gasteiger partial charge in [0.25, 0.3) is 11.8 Å². The molecule has 9 nitrogen and oxygen atoms in total. The van der Waals surface area contributed by atoms with Crippen LogP contribution in [0, 0.1) is 0 Å². The average Bonchev–Trinajstić information content (AvgIpc) is 3.02. The van der Waals surface area contributed by atoms with E-state index in [1.54, 1.807) is 18.2 Å². The van der Waals surface area contributed by atoms with Gasteiger partial charge in [0.05, 0.1) is 11.1 Å². The normalized spacial score (nSPS) is 21.9. The molecule has 31 heavy (non-hydrogen) atoms. The number of hydrogen-bond donors (Lipinski definition) is 3. The predicted octanol–water partition coefficient (Wildman–Crippen LogP) is 0.575. The standard InChI is InChI=1S/C22H29N5O4/c28-18-8-7-17(20(29)25-18)27-21(30)15-5-4-6-16(19(15)22(27)31)24-9-2-1-3-12-26-13-10-23-11-14-26/h4-6,17,23-24H,1-3,7-14H2,(H,25,28,29). The third-order valence-electron chi connectivity index (χ3n) is 6.14. The van der Waals surface area contributed by atoms with Crippen molar-refractivity contribution in [3.05, 3.63) is 29.3 Å². The maximum atomic E-state index is 13.1. The van der Waals surface area contributed by atoms with E-state index < -0.39 is 23.8 Å². The van der Waals surface area contributed by atoms with E-state index in [9.17, 15) is 19.2 Å². The van der Waals surface area contributed by atoms with Gasteiger partial charge in [-0.15, -0.1) is 0 Å². The summed E-state index contributed by atoms with van der Waals surface area (Å²) in [7, 11) is 0. The van der Waals surface area contributed by atoms with Gasteiger partial charge < -0.3 is 15.5 Å². The third-order valence-corrected chi connectivity index (χ3v) is 6.14. The Balaban J connectivity index is 1.33. The molecule has 4 rings (SSSR count). The van der Waals surface area contributed by atoms with Gasteiger partial charge in [0.1, 0.15) is 6.04 Å². The summed E-state index contributed by atoms with van der Waals surface area (Å²) < 4.78 is 0. The zero-order valence-electron chi connectivity index (χ0n) is 17.6. The van der Waals surface area contributed by atoms with Crippen molar-refractivity contribution in [3.8, 4) is 0 Å². The molecule has 1 aromatic carbocycles. The molecular formula is C22H29N5O4. The van der Waals surface area contributed by atoms with Gasteiger partial charge in [0.15, 0.2) is 0 Å². The molecule has 3 aliphatic rings. The van der Waals surface area contributed by atoms with Crippen molar-refractivity contribution in [3.63, 3.8) is 0 Å². The van der Waals surface area contributed by atoms with Gasteiger partial charge in [0.2, 0.25) is 11.8 Å². The molecule has 166 valence electrons. The minimum atomic E-state index is -0.942. The van der Waals surface area contributed by atoms with Crippen molar-refractivity contribution in [1.82, 2.24) is 20.4 Å². The first-order valence-electron chi connectivity index (χ1n) is 11.1. The van der Waals surface area contributed by atoms with Crippen molar-refractivity contribution >= 4 is 29.3 Å². The average molecular weight is 428 g/mol. The number of piperazine rings is 1. The van der Waals surface area contributed by atoms with Crippen molar-refractivity contribution in [2.75, 3.05) is 44.6 Å². The quantitative estimate of drug-likeness (QED) is 0.411. The van der Waals surface area contributed by atoms with Crippen LogP contribution in [0.4, 0.5) is 5.69 Å². The van der Waals surface area contributed by atoms with Crippen LogP contribution < -0.4 is 16.0 Å². The molecule has 2 fully saturated rings. The predicted molar refractivity (Wildman–Crippen MR) is 115 cm³/mol. The topological polar surface area (TPSA) is 111 Å². The highest BCUT2D eigenvalue weighted by molar-refractivity contribution is 6.25. The van der Waals surface area contributed by atoms with E-state index in [-0.39, 0.29) is 18.7 Å². The molecule has 0 spiro atoms. The van der Waals surface area contributed by atoms with Crippen molar-refractivity contribution in [1.29, 1.82) is 0 Å². The molecule has 3 heterocycles. The maximum absolute atomic E-state index is 13.1. The van der Waals surface area contributed by atoms with Crippen LogP contribution in [0.5, 0.6) is 0 Å². The summed E-state index contributed by atoms with van der Waals surface area (Å²) in [5.74, 6) is -1.92. The van der Waals surface area contributed by atoms with Gasteiger partial charge in [-0.3, -0.25) is 29.4 Å². The molecule has 9 heteroatoms. The number of anilines is 1. The van der Waals surface area contributed by atoms with Gasteiger partial charge in [-0.2, -0.15) is 0 Å². The van der Waals surface area contributed by atoms with Crippen molar-refractivity contribution in [2.24, 2.45) is 0 Å². The first kappa shape index (κ1) is 21.5. The molecule has 0 radical (unpaired) electrons. The number of benzene rings is 1. The van der Waals surface area contributed by atoms with E-state index in [0.717, 1.165) is 56.9 Å². The van der Waals surface area contributed by atoms with E-state index in [4.69, 9.17) is 0 Å². The van der Waals surface area contributed by atoms with Crippen molar-refractivity contribution < 1.29 is 19.2 Å². The molecule has 0 bridgehead atoms. The van der Waals surface area contributed by atoms with E-state index in [1.165, 1.54) is 0 Å². The van der Waals surface area contributed by atoms with E-state index >= 15 is 0 Å². The zero-order chi connectivity index (χ0) is 21.8. The summed E-state index contributed by atoms with van der Waals surface area (Å²) in [5.41, 5.74) is 1.24. The molecule has 3 aliphatic heterocycles. The number of carbonyl (C=O) groups is 4. The summed E-state index contributed by atoms with van der Waals surface area (Å²) in [5, 5.41) is 8.87. The number of amides is 4. The number of rotatable bonds is 8. The summed E-state index contributed by atoms with van der Waals surface area (Å²) in [6.45, 7) is 6.14. The SMILES string of the molecule is O=C1CCC(N2C(=O)c3cccc(NCCCCCN4CCNCC4)c3C2=O)C(=O)N1. The van der Waals surface area contributed by atoms with Gasteiger partial charge in [0, 0.05) is 44.8 Å². The molecule has 2 saturated heterocycles. The summed E-state index contributed by atoms with van der Waals surface area (Å²) >= 11 is 0. The summed E-state index contributed by atoms with van der Waals surface area (Å²) in [6.07, 6.45) is 3.46. The fourth-order valence-electron chi connectivity index (χ4n) is 4.46. The Morgan fingerprint density at radius 1 is 1.00 bits per heavy atom. The molecule has 4 amide bonds. The van der Waals surface area contributed by atoms with Gasteiger partial charge in [-0.05, 0) is 37.9 Å². The molecule has 1 unspecified atom stereocenters. The number of imide groups is 2. The number of unbranched alkanes of at least 4 members (excludes halogenated alkanes) is 2. The monoisotopic (exact) mass is 427 g/mol. The second-order valence-electron chi connectivity index (χ2n) is 8.25. The Hall–Kier alpha value is -2.78. The number of hydrogen-bond acceptors (Lipinski definition) is 7. The van der Waals surface area contributed by atoms with E-state index in [1.807, 2.05) is 0 Å². The zero-order valence-corrected chi connectivity index (χ0v) is 17.6.